The molecule has 96 valence electrons. The van der Waals surface area contributed by atoms with Gasteiger partial charge in [0, 0.05) is 33.4 Å². The van der Waals surface area contributed by atoms with E-state index in [4.69, 9.17) is 11.5 Å². The average molecular weight is 260 g/mol. The van der Waals surface area contributed by atoms with E-state index in [-0.39, 0.29) is 23.7 Å². The number of sulfonamides is 1. The van der Waals surface area contributed by atoms with Gasteiger partial charge in [0.1, 0.15) is 10.6 Å². The molecular weight excluding hydrogens is 244 g/mol. The van der Waals surface area contributed by atoms with Crippen molar-refractivity contribution < 1.29 is 13.2 Å². The molecule has 4 N–H and O–H groups in total. The van der Waals surface area contributed by atoms with Crippen LogP contribution in [0.25, 0.3) is 0 Å². The maximum atomic E-state index is 12.0. The van der Waals surface area contributed by atoms with Gasteiger partial charge in [-0.25, -0.2) is 8.42 Å². The van der Waals surface area contributed by atoms with Crippen LogP contribution in [0, 0.1) is 0 Å². The Kier molecular flexibility index (Phi) is 3.91. The van der Waals surface area contributed by atoms with Crippen molar-refractivity contribution in [2.24, 2.45) is 18.5 Å². The summed E-state index contributed by atoms with van der Waals surface area (Å²) in [7, 11) is -0.624. The van der Waals surface area contributed by atoms with Gasteiger partial charge < -0.3 is 16.0 Å². The number of aryl methyl sites for hydroxylation is 1. The molecule has 1 heterocycles. The lowest BCUT2D eigenvalue weighted by Crippen LogP contribution is -2.31. The molecule has 0 spiro atoms. The molecule has 0 aliphatic rings. The molecule has 0 fully saturated rings. The molecule has 0 aromatic carbocycles. The molecule has 0 unspecified atom stereocenters. The van der Waals surface area contributed by atoms with Gasteiger partial charge >= 0.3 is 0 Å². The standard InChI is InChI=1S/C9H16N4O3S/c1-12-6-7(5-8(12)9(11)14)17(15,16)13(2)4-3-10/h5-6H,3-4,10H2,1-2H3,(H2,11,14). The van der Waals surface area contributed by atoms with E-state index in [1.807, 2.05) is 0 Å². The number of carbonyl (C=O) groups is 1. The van der Waals surface area contributed by atoms with Gasteiger partial charge in [0.2, 0.25) is 10.0 Å². The van der Waals surface area contributed by atoms with Crippen molar-refractivity contribution in [1.82, 2.24) is 8.87 Å². The molecular formula is C9H16N4O3S. The van der Waals surface area contributed by atoms with E-state index in [2.05, 4.69) is 0 Å². The zero-order chi connectivity index (χ0) is 13.2. The number of carbonyl (C=O) groups excluding carboxylic acids is 1. The van der Waals surface area contributed by atoms with Gasteiger partial charge in [0.05, 0.1) is 0 Å². The number of likely N-dealkylation sites (N-methyl/N-ethyl adjacent to an activating group) is 1. The lowest BCUT2D eigenvalue weighted by molar-refractivity contribution is 0.0992. The van der Waals surface area contributed by atoms with Crippen molar-refractivity contribution in [2.75, 3.05) is 20.1 Å². The molecule has 0 saturated heterocycles. The fourth-order valence-corrected chi connectivity index (χ4v) is 2.66. The van der Waals surface area contributed by atoms with E-state index in [9.17, 15) is 13.2 Å². The summed E-state index contributed by atoms with van der Waals surface area (Å²) in [6.07, 6.45) is 1.35. The predicted molar refractivity (Wildman–Crippen MR) is 62.8 cm³/mol. The second-order valence-corrected chi connectivity index (χ2v) is 5.70. The first-order valence-electron chi connectivity index (χ1n) is 4.93. The highest BCUT2D eigenvalue weighted by Crippen LogP contribution is 2.16. The largest absolute Gasteiger partial charge is 0.364 e. The lowest BCUT2D eigenvalue weighted by atomic mass is 10.4. The molecule has 0 radical (unpaired) electrons. The first-order valence-corrected chi connectivity index (χ1v) is 6.37. The Bertz CT molecular complexity index is 520. The molecule has 1 rings (SSSR count). The number of rotatable bonds is 5. The van der Waals surface area contributed by atoms with E-state index >= 15 is 0 Å². The Hall–Kier alpha value is -1.38. The molecule has 1 aromatic heterocycles. The monoisotopic (exact) mass is 260 g/mol. The summed E-state index contributed by atoms with van der Waals surface area (Å²) < 4.78 is 26.5. The molecule has 1 aromatic rings. The average Bonchev–Trinajstić information content (AvgIpc) is 2.61. The molecule has 8 heteroatoms. The zero-order valence-corrected chi connectivity index (χ0v) is 10.6. The Morgan fingerprint density at radius 1 is 1.53 bits per heavy atom. The van der Waals surface area contributed by atoms with E-state index in [0.29, 0.717) is 0 Å². The van der Waals surface area contributed by atoms with Gasteiger partial charge in [-0.1, -0.05) is 0 Å². The van der Waals surface area contributed by atoms with E-state index in [0.717, 1.165) is 4.31 Å². The highest BCUT2D eigenvalue weighted by atomic mass is 32.2. The summed E-state index contributed by atoms with van der Waals surface area (Å²) in [4.78, 5) is 11.1. The van der Waals surface area contributed by atoms with Gasteiger partial charge in [-0.3, -0.25) is 4.79 Å². The minimum absolute atomic E-state index is 0.0322. The van der Waals surface area contributed by atoms with Crippen molar-refractivity contribution in [1.29, 1.82) is 0 Å². The fourth-order valence-electron chi connectivity index (χ4n) is 1.40. The quantitative estimate of drug-likeness (QED) is 0.685. The van der Waals surface area contributed by atoms with Crippen LogP contribution >= 0.6 is 0 Å². The number of amides is 1. The van der Waals surface area contributed by atoms with Crippen molar-refractivity contribution in [3.05, 3.63) is 18.0 Å². The molecule has 7 nitrogen and oxygen atoms in total. The van der Waals surface area contributed by atoms with Crippen LogP contribution in [-0.2, 0) is 17.1 Å². The molecule has 0 bridgehead atoms. The topological polar surface area (TPSA) is 111 Å². The number of primary amides is 1. The van der Waals surface area contributed by atoms with E-state index in [1.165, 1.54) is 23.9 Å². The molecule has 0 aliphatic carbocycles. The number of nitrogens with zero attached hydrogens (tertiary/aromatic N) is 2. The van der Waals surface area contributed by atoms with Crippen molar-refractivity contribution in [2.45, 2.75) is 4.90 Å². The fraction of sp³-hybridized carbons (Fsp3) is 0.444. The predicted octanol–water partition coefficient (Wildman–Crippen LogP) is -1.30. The van der Waals surface area contributed by atoms with E-state index in [1.54, 1.807) is 7.05 Å². The maximum Gasteiger partial charge on any atom is 0.265 e. The van der Waals surface area contributed by atoms with Crippen LogP contribution in [0.3, 0.4) is 0 Å². The summed E-state index contributed by atoms with van der Waals surface area (Å²) in [6, 6.07) is 1.25. The molecule has 0 saturated carbocycles. The second-order valence-electron chi connectivity index (χ2n) is 3.65. The summed E-state index contributed by atoms with van der Waals surface area (Å²) in [6.45, 7) is 0.439. The lowest BCUT2D eigenvalue weighted by Gasteiger charge is -2.14. The number of hydrogen-bond acceptors (Lipinski definition) is 4. The zero-order valence-electron chi connectivity index (χ0n) is 9.75. The summed E-state index contributed by atoms with van der Waals surface area (Å²) in [5, 5.41) is 0. The Morgan fingerprint density at radius 2 is 2.12 bits per heavy atom. The first kappa shape index (κ1) is 13.7. The highest BCUT2D eigenvalue weighted by molar-refractivity contribution is 7.89. The highest BCUT2D eigenvalue weighted by Gasteiger charge is 2.23. The number of aromatic nitrogens is 1. The van der Waals surface area contributed by atoms with Crippen molar-refractivity contribution >= 4 is 15.9 Å². The first-order chi connectivity index (χ1) is 7.80. The van der Waals surface area contributed by atoms with Gasteiger partial charge in [-0.2, -0.15) is 4.31 Å². The third-order valence-corrected chi connectivity index (χ3v) is 4.21. The summed E-state index contributed by atoms with van der Waals surface area (Å²) in [5.74, 6) is -0.671. The SMILES string of the molecule is CN(CCN)S(=O)(=O)c1cc(C(N)=O)n(C)c1. The third-order valence-electron chi connectivity index (χ3n) is 2.38. The van der Waals surface area contributed by atoms with Crippen molar-refractivity contribution in [3.63, 3.8) is 0 Å². The van der Waals surface area contributed by atoms with Gasteiger partial charge in [0.25, 0.3) is 5.91 Å². The summed E-state index contributed by atoms with van der Waals surface area (Å²) >= 11 is 0. The molecule has 0 aliphatic heterocycles. The van der Waals surface area contributed by atoms with Gasteiger partial charge in [-0.05, 0) is 6.07 Å². The summed E-state index contributed by atoms with van der Waals surface area (Å²) in [5.41, 5.74) is 10.6. The van der Waals surface area contributed by atoms with Crippen molar-refractivity contribution in [3.8, 4) is 0 Å². The van der Waals surface area contributed by atoms with Crippen LogP contribution in [-0.4, -0.2) is 43.3 Å². The maximum absolute atomic E-state index is 12.0. The molecule has 1 amide bonds. The van der Waals surface area contributed by atoms with Crippen LogP contribution in [0.5, 0.6) is 0 Å². The third kappa shape index (κ3) is 2.65. The minimum atomic E-state index is -3.61. The Labute approximate surface area is 100 Å². The Morgan fingerprint density at radius 3 is 2.53 bits per heavy atom. The van der Waals surface area contributed by atoms with Gasteiger partial charge in [-0.15, -0.1) is 0 Å². The number of hydrogen-bond donors (Lipinski definition) is 2. The molecule has 0 atom stereocenters. The Balaban J connectivity index is 3.17. The number of nitrogens with two attached hydrogens (primary N) is 2. The van der Waals surface area contributed by atoms with Crippen LogP contribution in [0.4, 0.5) is 0 Å². The van der Waals surface area contributed by atoms with Crippen LogP contribution in [0.2, 0.25) is 0 Å². The normalized spacial score (nSPS) is 12.0. The van der Waals surface area contributed by atoms with Crippen LogP contribution in [0.1, 0.15) is 10.5 Å². The smallest absolute Gasteiger partial charge is 0.265 e. The van der Waals surface area contributed by atoms with Crippen LogP contribution < -0.4 is 11.5 Å². The molecule has 17 heavy (non-hydrogen) atoms. The van der Waals surface area contributed by atoms with Crippen LogP contribution in [0.15, 0.2) is 17.2 Å². The second kappa shape index (κ2) is 4.86. The van der Waals surface area contributed by atoms with E-state index < -0.39 is 15.9 Å². The minimum Gasteiger partial charge on any atom is -0.364 e. The van der Waals surface area contributed by atoms with Gasteiger partial charge in [0.15, 0.2) is 0 Å².